The van der Waals surface area contributed by atoms with Gasteiger partial charge in [0.05, 0.1) is 11.6 Å². The standard InChI is InChI=1S/C24H23FN2O4/c1-14-12-15(8-9-18(14)25)22(28)20-21(17-13-26-19-7-4-3-6-16(17)19)27(10-5-11-31-2)24(30)23(20)29/h3-4,6-9,12-13,21,26,28H,5,10-11H2,1-2H3/b22-20+. The highest BCUT2D eigenvalue weighted by atomic mass is 19.1. The van der Waals surface area contributed by atoms with Crippen LogP contribution in [0.25, 0.3) is 16.7 Å². The molecule has 7 heteroatoms. The van der Waals surface area contributed by atoms with Crippen molar-refractivity contribution in [1.29, 1.82) is 0 Å². The molecule has 31 heavy (non-hydrogen) atoms. The second kappa shape index (κ2) is 8.35. The van der Waals surface area contributed by atoms with E-state index in [9.17, 15) is 19.1 Å². The highest BCUT2D eigenvalue weighted by molar-refractivity contribution is 6.46. The summed E-state index contributed by atoms with van der Waals surface area (Å²) in [4.78, 5) is 30.6. The maximum absolute atomic E-state index is 13.7. The lowest BCUT2D eigenvalue weighted by Crippen LogP contribution is -2.31. The number of aryl methyl sites for hydroxylation is 1. The van der Waals surface area contributed by atoms with Gasteiger partial charge in [0, 0.05) is 48.5 Å². The third-order valence-electron chi connectivity index (χ3n) is 5.63. The van der Waals surface area contributed by atoms with E-state index in [1.807, 2.05) is 24.3 Å². The number of aromatic amines is 1. The molecule has 2 aromatic carbocycles. The number of fused-ring (bicyclic) bond motifs is 1. The fraction of sp³-hybridized carbons (Fsp3) is 0.250. The van der Waals surface area contributed by atoms with E-state index in [1.54, 1.807) is 20.2 Å². The van der Waals surface area contributed by atoms with Gasteiger partial charge in [0.15, 0.2) is 0 Å². The van der Waals surface area contributed by atoms with E-state index >= 15 is 0 Å². The van der Waals surface area contributed by atoms with E-state index in [2.05, 4.69) is 4.98 Å². The van der Waals surface area contributed by atoms with Gasteiger partial charge in [-0.2, -0.15) is 0 Å². The van der Waals surface area contributed by atoms with Crippen LogP contribution in [0.5, 0.6) is 0 Å². The van der Waals surface area contributed by atoms with Crippen molar-refractivity contribution in [3.05, 3.63) is 76.7 Å². The number of aliphatic hydroxyl groups excluding tert-OH is 1. The number of rotatable bonds is 6. The minimum absolute atomic E-state index is 0.00169. The molecule has 2 N–H and O–H groups in total. The predicted octanol–water partition coefficient (Wildman–Crippen LogP) is 4.07. The molecule has 1 unspecified atom stereocenters. The lowest BCUT2D eigenvalue weighted by Gasteiger charge is -2.24. The van der Waals surface area contributed by atoms with Crippen LogP contribution >= 0.6 is 0 Å². The zero-order valence-corrected chi connectivity index (χ0v) is 17.3. The topological polar surface area (TPSA) is 82.6 Å². The fourth-order valence-corrected chi connectivity index (χ4v) is 4.08. The Hall–Kier alpha value is -3.45. The second-order valence-corrected chi connectivity index (χ2v) is 7.59. The molecule has 2 heterocycles. The monoisotopic (exact) mass is 422 g/mol. The number of aliphatic hydroxyl groups is 1. The predicted molar refractivity (Wildman–Crippen MR) is 115 cm³/mol. The minimum Gasteiger partial charge on any atom is -0.507 e. The van der Waals surface area contributed by atoms with Crippen molar-refractivity contribution in [3.8, 4) is 0 Å². The van der Waals surface area contributed by atoms with Crippen molar-refractivity contribution < 1.29 is 23.8 Å². The van der Waals surface area contributed by atoms with E-state index in [-0.39, 0.29) is 11.3 Å². The molecule has 0 radical (unpaired) electrons. The van der Waals surface area contributed by atoms with E-state index < -0.39 is 23.5 Å². The normalized spacial score (nSPS) is 18.3. The molecule has 0 aliphatic carbocycles. The summed E-state index contributed by atoms with van der Waals surface area (Å²) in [5, 5.41) is 11.9. The summed E-state index contributed by atoms with van der Waals surface area (Å²) in [5.41, 5.74) is 2.20. The van der Waals surface area contributed by atoms with Crippen LogP contribution in [0.15, 0.2) is 54.2 Å². The second-order valence-electron chi connectivity index (χ2n) is 7.59. The minimum atomic E-state index is -0.765. The van der Waals surface area contributed by atoms with Crippen LogP contribution < -0.4 is 0 Å². The maximum atomic E-state index is 13.7. The number of likely N-dealkylation sites (tertiary alicyclic amines) is 1. The number of nitrogens with zero attached hydrogens (tertiary/aromatic N) is 1. The number of hydrogen-bond acceptors (Lipinski definition) is 4. The zero-order valence-electron chi connectivity index (χ0n) is 17.3. The maximum Gasteiger partial charge on any atom is 0.295 e. The number of benzene rings is 2. The highest BCUT2D eigenvalue weighted by Gasteiger charge is 2.46. The number of H-pyrrole nitrogens is 1. The SMILES string of the molecule is COCCCN1C(=O)C(=O)/C(=C(/O)c2ccc(F)c(C)c2)C1c1c[nH]c2ccccc12. The molecular formula is C24H23FN2O4. The average molecular weight is 422 g/mol. The smallest absolute Gasteiger partial charge is 0.295 e. The van der Waals surface area contributed by atoms with Crippen molar-refractivity contribution in [1.82, 2.24) is 9.88 Å². The first kappa shape index (κ1) is 20.8. The molecule has 1 aliphatic heterocycles. The first-order valence-electron chi connectivity index (χ1n) is 10.0. The van der Waals surface area contributed by atoms with Crippen molar-refractivity contribution in [3.63, 3.8) is 0 Å². The molecule has 4 rings (SSSR count). The Morgan fingerprint density at radius 1 is 1.23 bits per heavy atom. The van der Waals surface area contributed by atoms with Gasteiger partial charge in [0.2, 0.25) is 0 Å². The summed E-state index contributed by atoms with van der Waals surface area (Å²) in [7, 11) is 1.57. The summed E-state index contributed by atoms with van der Waals surface area (Å²) in [6.07, 6.45) is 2.30. The molecule has 3 aromatic rings. The average Bonchev–Trinajstić information content (AvgIpc) is 3.29. The number of ketones is 1. The summed E-state index contributed by atoms with van der Waals surface area (Å²) in [5.74, 6) is -2.16. The number of carbonyl (C=O) groups excluding carboxylic acids is 2. The van der Waals surface area contributed by atoms with Crippen LogP contribution in [0, 0.1) is 12.7 Å². The van der Waals surface area contributed by atoms with E-state index in [0.717, 1.165) is 10.9 Å². The third-order valence-corrected chi connectivity index (χ3v) is 5.63. The number of aromatic nitrogens is 1. The van der Waals surface area contributed by atoms with Gasteiger partial charge < -0.3 is 19.7 Å². The molecule has 1 aromatic heterocycles. The Labute approximate surface area is 178 Å². The van der Waals surface area contributed by atoms with Crippen LogP contribution in [-0.4, -0.2) is 46.9 Å². The zero-order chi connectivity index (χ0) is 22.1. The van der Waals surface area contributed by atoms with E-state index in [1.165, 1.54) is 23.1 Å². The number of carbonyl (C=O) groups is 2. The molecule has 1 amide bonds. The number of Topliss-reactive ketones (excluding diaryl/α,β-unsaturated/α-hetero) is 1. The van der Waals surface area contributed by atoms with Crippen molar-refractivity contribution in [2.24, 2.45) is 0 Å². The number of para-hydroxylation sites is 1. The summed E-state index contributed by atoms with van der Waals surface area (Å²) in [6, 6.07) is 10.9. The highest BCUT2D eigenvalue weighted by Crippen LogP contribution is 2.42. The number of ether oxygens (including phenoxy) is 1. The Morgan fingerprint density at radius 3 is 2.74 bits per heavy atom. The summed E-state index contributed by atoms with van der Waals surface area (Å²) < 4.78 is 18.8. The molecule has 1 aliphatic rings. The van der Waals surface area contributed by atoms with Crippen molar-refractivity contribution in [2.45, 2.75) is 19.4 Å². The molecule has 1 saturated heterocycles. The molecule has 1 atom stereocenters. The Balaban J connectivity index is 1.89. The Bertz CT molecular complexity index is 1200. The largest absolute Gasteiger partial charge is 0.507 e. The molecule has 0 spiro atoms. The molecule has 0 bridgehead atoms. The number of methoxy groups -OCH3 is 1. The first-order chi connectivity index (χ1) is 14.9. The molecular weight excluding hydrogens is 399 g/mol. The fourth-order valence-electron chi connectivity index (χ4n) is 4.08. The number of nitrogens with one attached hydrogen (secondary N) is 1. The number of amides is 1. The van der Waals surface area contributed by atoms with Crippen LogP contribution in [0.1, 0.15) is 29.2 Å². The number of halogens is 1. The Kier molecular flexibility index (Phi) is 5.61. The quantitative estimate of drug-likeness (QED) is 0.272. The summed E-state index contributed by atoms with van der Waals surface area (Å²) >= 11 is 0. The van der Waals surface area contributed by atoms with Gasteiger partial charge in [-0.3, -0.25) is 9.59 Å². The molecule has 160 valence electrons. The van der Waals surface area contributed by atoms with Crippen molar-refractivity contribution >= 4 is 28.4 Å². The van der Waals surface area contributed by atoms with Crippen molar-refractivity contribution in [2.75, 3.05) is 20.3 Å². The van der Waals surface area contributed by atoms with Gasteiger partial charge in [-0.15, -0.1) is 0 Å². The van der Waals surface area contributed by atoms with Crippen LogP contribution in [-0.2, 0) is 14.3 Å². The third kappa shape index (κ3) is 3.61. The van der Waals surface area contributed by atoms with Crippen LogP contribution in [0.4, 0.5) is 4.39 Å². The Morgan fingerprint density at radius 2 is 2.00 bits per heavy atom. The molecule has 6 nitrogen and oxygen atoms in total. The van der Waals surface area contributed by atoms with Crippen LogP contribution in [0.3, 0.4) is 0 Å². The van der Waals surface area contributed by atoms with Crippen LogP contribution in [0.2, 0.25) is 0 Å². The van der Waals surface area contributed by atoms with Gasteiger partial charge in [0.25, 0.3) is 11.7 Å². The lowest BCUT2D eigenvalue weighted by atomic mass is 9.94. The van der Waals surface area contributed by atoms with E-state index in [4.69, 9.17) is 4.74 Å². The van der Waals surface area contributed by atoms with Gasteiger partial charge in [-0.1, -0.05) is 18.2 Å². The first-order valence-corrected chi connectivity index (χ1v) is 10.0. The lowest BCUT2D eigenvalue weighted by molar-refractivity contribution is -0.140. The van der Waals surface area contributed by atoms with E-state index in [0.29, 0.717) is 36.3 Å². The number of hydrogen-bond donors (Lipinski definition) is 2. The van der Waals surface area contributed by atoms with Gasteiger partial charge in [0.1, 0.15) is 11.6 Å². The van der Waals surface area contributed by atoms with Gasteiger partial charge >= 0.3 is 0 Å². The van der Waals surface area contributed by atoms with Gasteiger partial charge in [-0.05, 0) is 43.2 Å². The van der Waals surface area contributed by atoms with Gasteiger partial charge in [-0.25, -0.2) is 4.39 Å². The molecule has 0 saturated carbocycles. The molecule has 1 fully saturated rings. The summed E-state index contributed by atoms with van der Waals surface area (Å²) in [6.45, 7) is 2.30.